The van der Waals surface area contributed by atoms with E-state index in [0.717, 1.165) is 17.7 Å². The van der Waals surface area contributed by atoms with Gasteiger partial charge in [-0.25, -0.2) is 4.98 Å². The molecule has 1 aromatic carbocycles. The molecular formula is C12H10F3N2S. The molecule has 0 aliphatic rings. The molecule has 1 radical (unpaired) electrons. The molecule has 0 spiro atoms. The predicted molar refractivity (Wildman–Crippen MR) is 63.0 cm³/mol. The van der Waals surface area contributed by atoms with Gasteiger partial charge >= 0.3 is 6.18 Å². The molecule has 0 amide bonds. The molecule has 0 saturated heterocycles. The first kappa shape index (κ1) is 13.0. The molecule has 1 aromatic heterocycles. The Hall–Kier alpha value is -1.40. The minimum absolute atomic E-state index is 0.316. The van der Waals surface area contributed by atoms with Crippen LogP contribution in [0.15, 0.2) is 29.6 Å². The topological polar surface area (TPSA) is 38.9 Å². The molecular weight excluding hydrogens is 261 g/mol. The van der Waals surface area contributed by atoms with Crippen LogP contribution in [0, 0.1) is 5.51 Å². The van der Waals surface area contributed by atoms with Gasteiger partial charge in [0.15, 0.2) is 5.51 Å². The number of aromatic nitrogens is 1. The van der Waals surface area contributed by atoms with Crippen molar-refractivity contribution < 1.29 is 13.2 Å². The molecule has 0 aliphatic heterocycles. The van der Waals surface area contributed by atoms with E-state index in [1.165, 1.54) is 23.5 Å². The zero-order valence-corrected chi connectivity index (χ0v) is 10.1. The van der Waals surface area contributed by atoms with Crippen LogP contribution in [0.1, 0.15) is 22.9 Å². The van der Waals surface area contributed by atoms with E-state index in [1.54, 1.807) is 5.38 Å². The minimum Gasteiger partial charge on any atom is -0.322 e. The van der Waals surface area contributed by atoms with Crippen molar-refractivity contribution in [3.8, 4) is 0 Å². The SMILES string of the molecule is NC(Cc1ccc(C(F)(F)F)cc1)c1cs[c]n1. The van der Waals surface area contributed by atoms with Crippen LogP contribution >= 0.6 is 11.3 Å². The van der Waals surface area contributed by atoms with E-state index in [4.69, 9.17) is 5.73 Å². The first-order chi connectivity index (χ1) is 8.47. The highest BCUT2D eigenvalue weighted by molar-refractivity contribution is 7.07. The van der Waals surface area contributed by atoms with Crippen molar-refractivity contribution in [2.45, 2.75) is 18.6 Å². The molecule has 95 valence electrons. The zero-order valence-electron chi connectivity index (χ0n) is 9.24. The predicted octanol–water partition coefficient (Wildman–Crippen LogP) is 3.20. The van der Waals surface area contributed by atoms with Gasteiger partial charge in [-0.3, -0.25) is 0 Å². The van der Waals surface area contributed by atoms with E-state index >= 15 is 0 Å². The van der Waals surface area contributed by atoms with E-state index in [2.05, 4.69) is 10.5 Å². The van der Waals surface area contributed by atoms with Gasteiger partial charge in [-0.2, -0.15) is 13.2 Å². The summed E-state index contributed by atoms with van der Waals surface area (Å²) in [5.41, 5.74) is 9.40. The molecule has 0 fully saturated rings. The van der Waals surface area contributed by atoms with Crippen LogP contribution in [0.2, 0.25) is 0 Å². The van der Waals surface area contributed by atoms with Crippen molar-refractivity contribution in [2.24, 2.45) is 5.73 Å². The molecule has 2 nitrogen and oxygen atoms in total. The fraction of sp³-hybridized carbons (Fsp3) is 0.250. The van der Waals surface area contributed by atoms with Crippen LogP contribution in [-0.4, -0.2) is 4.98 Å². The molecule has 0 bridgehead atoms. The van der Waals surface area contributed by atoms with Crippen molar-refractivity contribution in [1.82, 2.24) is 4.98 Å². The lowest BCUT2D eigenvalue weighted by Gasteiger charge is -2.10. The van der Waals surface area contributed by atoms with E-state index in [1.807, 2.05) is 0 Å². The molecule has 0 aliphatic carbocycles. The fourth-order valence-corrected chi connectivity index (χ4v) is 2.11. The van der Waals surface area contributed by atoms with Gasteiger partial charge in [-0.15, -0.1) is 11.3 Å². The van der Waals surface area contributed by atoms with Gasteiger partial charge in [-0.1, -0.05) is 12.1 Å². The lowest BCUT2D eigenvalue weighted by atomic mass is 10.0. The normalized spacial score (nSPS) is 13.6. The van der Waals surface area contributed by atoms with Crippen molar-refractivity contribution in [3.63, 3.8) is 0 Å². The third-order valence-electron chi connectivity index (χ3n) is 2.52. The number of hydrogen-bond donors (Lipinski definition) is 1. The van der Waals surface area contributed by atoms with Gasteiger partial charge in [0.2, 0.25) is 0 Å². The van der Waals surface area contributed by atoms with Crippen LogP contribution in [0.25, 0.3) is 0 Å². The maximum atomic E-state index is 12.4. The molecule has 0 saturated carbocycles. The summed E-state index contributed by atoms with van der Waals surface area (Å²) >= 11 is 1.32. The maximum Gasteiger partial charge on any atom is 0.416 e. The van der Waals surface area contributed by atoms with E-state index in [9.17, 15) is 13.2 Å². The molecule has 2 N–H and O–H groups in total. The quantitative estimate of drug-likeness (QED) is 0.931. The van der Waals surface area contributed by atoms with Crippen LogP contribution in [0.3, 0.4) is 0 Å². The number of benzene rings is 1. The molecule has 1 atom stereocenters. The lowest BCUT2D eigenvalue weighted by Crippen LogP contribution is -2.14. The Kier molecular flexibility index (Phi) is 3.68. The molecule has 6 heteroatoms. The van der Waals surface area contributed by atoms with Crippen molar-refractivity contribution in [2.75, 3.05) is 0 Å². The Morgan fingerprint density at radius 2 is 1.94 bits per heavy atom. The Labute approximate surface area is 106 Å². The monoisotopic (exact) mass is 271 g/mol. The number of hydrogen-bond acceptors (Lipinski definition) is 3. The number of nitrogens with two attached hydrogens (primary N) is 1. The largest absolute Gasteiger partial charge is 0.416 e. The first-order valence-corrected chi connectivity index (χ1v) is 6.08. The highest BCUT2D eigenvalue weighted by atomic mass is 32.1. The summed E-state index contributed by atoms with van der Waals surface area (Å²) in [4.78, 5) is 3.96. The van der Waals surface area contributed by atoms with Gasteiger partial charge in [0.1, 0.15) is 0 Å². The molecule has 1 unspecified atom stereocenters. The summed E-state index contributed by atoms with van der Waals surface area (Å²) in [7, 11) is 0. The van der Waals surface area contributed by atoms with E-state index < -0.39 is 11.7 Å². The smallest absolute Gasteiger partial charge is 0.322 e. The second-order valence-corrected chi connectivity index (χ2v) is 4.52. The van der Waals surface area contributed by atoms with Gasteiger partial charge in [0.25, 0.3) is 0 Å². The first-order valence-electron chi connectivity index (χ1n) is 5.20. The highest BCUT2D eigenvalue weighted by Crippen LogP contribution is 2.29. The summed E-state index contributed by atoms with van der Waals surface area (Å²) in [6, 6.07) is 4.70. The van der Waals surface area contributed by atoms with Crippen LogP contribution in [0.4, 0.5) is 13.2 Å². The van der Waals surface area contributed by atoms with E-state index in [0.29, 0.717) is 12.1 Å². The number of thiazole rings is 1. The van der Waals surface area contributed by atoms with Crippen LogP contribution in [-0.2, 0) is 12.6 Å². The standard InChI is InChI=1S/C12H10F3N2S/c13-12(14,15)9-3-1-8(2-4-9)5-10(16)11-6-18-7-17-11/h1-4,6,10H,5,16H2. The van der Waals surface area contributed by atoms with Gasteiger partial charge in [0.05, 0.1) is 17.3 Å². The zero-order chi connectivity index (χ0) is 13.2. The Morgan fingerprint density at radius 1 is 1.28 bits per heavy atom. The van der Waals surface area contributed by atoms with E-state index in [-0.39, 0.29) is 6.04 Å². The molecule has 2 aromatic rings. The summed E-state index contributed by atoms with van der Waals surface area (Å²) in [6.07, 6.45) is -3.85. The third kappa shape index (κ3) is 3.08. The average molecular weight is 271 g/mol. The summed E-state index contributed by atoms with van der Waals surface area (Å²) in [5.74, 6) is 0. The summed E-state index contributed by atoms with van der Waals surface area (Å²) in [6.45, 7) is 0. The second kappa shape index (κ2) is 5.07. The number of rotatable bonds is 3. The van der Waals surface area contributed by atoms with Gasteiger partial charge < -0.3 is 5.73 Å². The Bertz CT molecular complexity index is 491. The highest BCUT2D eigenvalue weighted by Gasteiger charge is 2.29. The Morgan fingerprint density at radius 3 is 2.44 bits per heavy atom. The lowest BCUT2D eigenvalue weighted by molar-refractivity contribution is -0.137. The summed E-state index contributed by atoms with van der Waals surface area (Å²) in [5, 5.41) is 1.79. The van der Waals surface area contributed by atoms with Crippen molar-refractivity contribution >= 4 is 11.3 Å². The van der Waals surface area contributed by atoms with Gasteiger partial charge in [0, 0.05) is 5.38 Å². The average Bonchev–Trinajstić information content (AvgIpc) is 2.82. The molecule has 18 heavy (non-hydrogen) atoms. The maximum absolute atomic E-state index is 12.4. The van der Waals surface area contributed by atoms with Crippen LogP contribution in [0.5, 0.6) is 0 Å². The minimum atomic E-state index is -4.30. The third-order valence-corrected chi connectivity index (χ3v) is 3.08. The van der Waals surface area contributed by atoms with Crippen molar-refractivity contribution in [1.29, 1.82) is 0 Å². The summed E-state index contributed by atoms with van der Waals surface area (Å²) < 4.78 is 37.1. The fourth-order valence-electron chi connectivity index (χ4n) is 1.55. The van der Waals surface area contributed by atoms with Crippen molar-refractivity contribution in [3.05, 3.63) is 52.0 Å². The number of alkyl halides is 3. The van der Waals surface area contributed by atoms with Crippen LogP contribution < -0.4 is 5.73 Å². The second-order valence-electron chi connectivity index (χ2n) is 3.87. The number of halogens is 3. The molecule has 1 heterocycles. The molecule has 2 rings (SSSR count). The number of nitrogens with zero attached hydrogens (tertiary/aromatic N) is 1. The Balaban J connectivity index is 2.07. The van der Waals surface area contributed by atoms with Gasteiger partial charge in [-0.05, 0) is 24.1 Å².